The van der Waals surface area contributed by atoms with Gasteiger partial charge in [0.15, 0.2) is 0 Å². The van der Waals surface area contributed by atoms with Gasteiger partial charge in [0.25, 0.3) is 0 Å². The molecule has 4 rings (SSSR count). The van der Waals surface area contributed by atoms with Crippen LogP contribution < -0.4 is 5.32 Å². The molecule has 1 saturated heterocycles. The molecule has 1 fully saturated rings. The van der Waals surface area contributed by atoms with Crippen LogP contribution in [0.5, 0.6) is 0 Å². The van der Waals surface area contributed by atoms with E-state index in [0.29, 0.717) is 0 Å². The Kier molecular flexibility index (Phi) is 5.92. The summed E-state index contributed by atoms with van der Waals surface area (Å²) in [6.07, 6.45) is 2.85. The molecule has 3 aromatic rings. The number of benzene rings is 2. The SMILES string of the molecule is Cc1ccc(-c2cc([C@@H](O)[C@H]3CCCCN3)c3ccccc3n2)cc1.Cl. The van der Waals surface area contributed by atoms with Gasteiger partial charge in [-0.1, -0.05) is 54.4 Å². The van der Waals surface area contributed by atoms with Crippen LogP contribution in [0.4, 0.5) is 0 Å². The van der Waals surface area contributed by atoms with Gasteiger partial charge in [0.05, 0.1) is 17.3 Å². The third-order valence-corrected chi connectivity index (χ3v) is 5.14. The smallest absolute Gasteiger partial charge is 0.0950 e. The second-order valence-electron chi connectivity index (χ2n) is 6.98. The standard InChI is InChI=1S/C22H24N2O.ClH/c1-15-9-11-16(12-10-15)21-14-18(17-6-2-3-7-19(17)24-21)22(25)20-8-4-5-13-23-20;/h2-3,6-7,9-12,14,20,22-23,25H,4-5,8,13H2,1H3;1H/t20-,22-;/m1./s1. The van der Waals surface area contributed by atoms with E-state index in [4.69, 9.17) is 4.98 Å². The van der Waals surface area contributed by atoms with Gasteiger partial charge in [-0.2, -0.15) is 0 Å². The Bertz CT molecular complexity index is 873. The van der Waals surface area contributed by atoms with Gasteiger partial charge in [-0.15, -0.1) is 12.4 Å². The number of rotatable bonds is 3. The summed E-state index contributed by atoms with van der Waals surface area (Å²) in [6, 6.07) is 18.7. The van der Waals surface area contributed by atoms with Crippen LogP contribution in [-0.2, 0) is 0 Å². The predicted octanol–water partition coefficient (Wildman–Crippen LogP) is 4.81. The molecule has 2 aromatic carbocycles. The van der Waals surface area contributed by atoms with Crippen LogP contribution >= 0.6 is 12.4 Å². The lowest BCUT2D eigenvalue weighted by atomic mass is 9.92. The van der Waals surface area contributed by atoms with Gasteiger partial charge in [0.1, 0.15) is 0 Å². The zero-order chi connectivity index (χ0) is 17.2. The first-order valence-corrected chi connectivity index (χ1v) is 9.10. The summed E-state index contributed by atoms with van der Waals surface area (Å²) in [4.78, 5) is 4.83. The molecular formula is C22H25ClN2O. The molecule has 2 atom stereocenters. The van der Waals surface area contributed by atoms with E-state index in [1.165, 1.54) is 18.4 Å². The first-order valence-electron chi connectivity index (χ1n) is 9.10. The van der Waals surface area contributed by atoms with Crippen molar-refractivity contribution < 1.29 is 5.11 Å². The quantitative estimate of drug-likeness (QED) is 0.697. The number of piperidine rings is 1. The van der Waals surface area contributed by atoms with E-state index >= 15 is 0 Å². The molecular weight excluding hydrogens is 344 g/mol. The third kappa shape index (κ3) is 3.75. The van der Waals surface area contributed by atoms with Crippen LogP contribution in [0.1, 0.15) is 36.5 Å². The Morgan fingerprint density at radius 1 is 1.08 bits per heavy atom. The zero-order valence-electron chi connectivity index (χ0n) is 15.0. The molecule has 0 unspecified atom stereocenters. The van der Waals surface area contributed by atoms with Gasteiger partial charge in [-0.25, -0.2) is 4.98 Å². The average Bonchev–Trinajstić information content (AvgIpc) is 2.68. The minimum atomic E-state index is -0.516. The molecule has 0 bridgehead atoms. The van der Waals surface area contributed by atoms with Crippen LogP contribution in [-0.4, -0.2) is 22.7 Å². The summed E-state index contributed by atoms with van der Waals surface area (Å²) in [7, 11) is 0. The number of hydrogen-bond acceptors (Lipinski definition) is 3. The Morgan fingerprint density at radius 2 is 1.85 bits per heavy atom. The predicted molar refractivity (Wildman–Crippen MR) is 110 cm³/mol. The van der Waals surface area contributed by atoms with Crippen molar-refractivity contribution in [2.45, 2.75) is 38.3 Å². The number of para-hydroxylation sites is 1. The molecule has 0 radical (unpaired) electrons. The third-order valence-electron chi connectivity index (χ3n) is 5.14. The summed E-state index contributed by atoms with van der Waals surface area (Å²) in [5.41, 5.74) is 5.15. The Morgan fingerprint density at radius 3 is 2.58 bits per heavy atom. The van der Waals surface area contributed by atoms with E-state index in [9.17, 15) is 5.11 Å². The van der Waals surface area contributed by atoms with Crippen molar-refractivity contribution in [1.82, 2.24) is 10.3 Å². The first-order chi connectivity index (χ1) is 12.2. The number of aromatic nitrogens is 1. The highest BCUT2D eigenvalue weighted by Gasteiger charge is 2.25. The van der Waals surface area contributed by atoms with Gasteiger partial charge in [-0.05, 0) is 44.0 Å². The second-order valence-corrected chi connectivity index (χ2v) is 6.98. The molecule has 136 valence electrons. The van der Waals surface area contributed by atoms with Crippen LogP contribution in [0.3, 0.4) is 0 Å². The van der Waals surface area contributed by atoms with E-state index < -0.39 is 6.10 Å². The van der Waals surface area contributed by atoms with Crippen molar-refractivity contribution in [2.24, 2.45) is 0 Å². The van der Waals surface area contributed by atoms with Crippen molar-refractivity contribution >= 4 is 23.3 Å². The number of pyridine rings is 1. The summed E-state index contributed by atoms with van der Waals surface area (Å²) >= 11 is 0. The van der Waals surface area contributed by atoms with Gasteiger partial charge >= 0.3 is 0 Å². The monoisotopic (exact) mass is 368 g/mol. The molecule has 0 saturated carbocycles. The van der Waals surface area contributed by atoms with Crippen LogP contribution in [0.15, 0.2) is 54.6 Å². The average molecular weight is 369 g/mol. The molecule has 1 aromatic heterocycles. The van der Waals surface area contributed by atoms with Crippen LogP contribution in [0.25, 0.3) is 22.2 Å². The lowest BCUT2D eigenvalue weighted by Gasteiger charge is -2.29. The fourth-order valence-electron chi connectivity index (χ4n) is 3.68. The number of nitrogens with one attached hydrogen (secondary N) is 1. The summed E-state index contributed by atoms with van der Waals surface area (Å²) in [5.74, 6) is 0. The van der Waals surface area contributed by atoms with Crippen molar-refractivity contribution in [3.8, 4) is 11.3 Å². The number of halogens is 1. The number of aliphatic hydroxyl groups is 1. The number of aliphatic hydroxyl groups excluding tert-OH is 1. The topological polar surface area (TPSA) is 45.1 Å². The molecule has 1 aliphatic rings. The molecule has 0 aliphatic carbocycles. The number of nitrogens with zero attached hydrogens (tertiary/aromatic N) is 1. The normalized spacial score (nSPS) is 18.3. The van der Waals surface area contributed by atoms with E-state index in [0.717, 1.165) is 40.7 Å². The molecule has 2 N–H and O–H groups in total. The van der Waals surface area contributed by atoms with Crippen molar-refractivity contribution in [2.75, 3.05) is 6.54 Å². The van der Waals surface area contributed by atoms with E-state index in [-0.39, 0.29) is 18.4 Å². The van der Waals surface area contributed by atoms with Gasteiger partial charge < -0.3 is 10.4 Å². The molecule has 2 heterocycles. The highest BCUT2D eigenvalue weighted by atomic mass is 35.5. The minimum absolute atomic E-state index is 0. The summed E-state index contributed by atoms with van der Waals surface area (Å²) in [6.45, 7) is 3.07. The minimum Gasteiger partial charge on any atom is -0.387 e. The molecule has 0 amide bonds. The Labute approximate surface area is 160 Å². The molecule has 0 spiro atoms. The lowest BCUT2D eigenvalue weighted by molar-refractivity contribution is 0.115. The number of aryl methyl sites for hydroxylation is 1. The van der Waals surface area contributed by atoms with E-state index in [1.807, 2.05) is 18.2 Å². The van der Waals surface area contributed by atoms with Crippen molar-refractivity contribution in [1.29, 1.82) is 0 Å². The fourth-order valence-corrected chi connectivity index (χ4v) is 3.68. The summed E-state index contributed by atoms with van der Waals surface area (Å²) in [5, 5.41) is 15.6. The first kappa shape index (κ1) is 18.8. The van der Waals surface area contributed by atoms with Gasteiger partial charge in [0, 0.05) is 17.0 Å². The second kappa shape index (κ2) is 8.17. The molecule has 4 heteroatoms. The van der Waals surface area contributed by atoms with Crippen molar-refractivity contribution in [3.63, 3.8) is 0 Å². The lowest BCUT2D eigenvalue weighted by Crippen LogP contribution is -2.38. The van der Waals surface area contributed by atoms with Gasteiger partial charge in [-0.3, -0.25) is 0 Å². The largest absolute Gasteiger partial charge is 0.387 e. The maximum atomic E-state index is 11.1. The maximum Gasteiger partial charge on any atom is 0.0950 e. The van der Waals surface area contributed by atoms with Crippen LogP contribution in [0.2, 0.25) is 0 Å². The highest BCUT2D eigenvalue weighted by molar-refractivity contribution is 5.86. The van der Waals surface area contributed by atoms with Crippen molar-refractivity contribution in [3.05, 3.63) is 65.7 Å². The molecule has 26 heavy (non-hydrogen) atoms. The van der Waals surface area contributed by atoms with E-state index in [2.05, 4.69) is 48.6 Å². The highest BCUT2D eigenvalue weighted by Crippen LogP contribution is 2.32. The Balaban J connectivity index is 0.00000196. The molecule has 1 aliphatic heterocycles. The fraction of sp³-hybridized carbons (Fsp3) is 0.318. The summed E-state index contributed by atoms with van der Waals surface area (Å²) < 4.78 is 0. The van der Waals surface area contributed by atoms with Crippen LogP contribution in [0, 0.1) is 6.92 Å². The van der Waals surface area contributed by atoms with Gasteiger partial charge in [0.2, 0.25) is 0 Å². The Hall–Kier alpha value is -1.94. The zero-order valence-corrected chi connectivity index (χ0v) is 15.8. The number of hydrogen-bond donors (Lipinski definition) is 2. The molecule has 3 nitrogen and oxygen atoms in total. The van der Waals surface area contributed by atoms with E-state index in [1.54, 1.807) is 0 Å². The number of fused-ring (bicyclic) bond motifs is 1. The maximum absolute atomic E-state index is 11.1.